The van der Waals surface area contributed by atoms with Crippen molar-refractivity contribution >= 4 is 28.5 Å². The van der Waals surface area contributed by atoms with E-state index in [0.29, 0.717) is 12.4 Å². The highest BCUT2D eigenvalue weighted by molar-refractivity contribution is 5.95. The van der Waals surface area contributed by atoms with Crippen molar-refractivity contribution in [3.05, 3.63) is 36.5 Å². The van der Waals surface area contributed by atoms with Crippen molar-refractivity contribution in [1.82, 2.24) is 19.7 Å². The lowest BCUT2D eigenvalue weighted by Gasteiger charge is -2.25. The van der Waals surface area contributed by atoms with Crippen LogP contribution >= 0.6 is 0 Å². The Hall–Kier alpha value is -3.33. The number of fused-ring (bicyclic) bond motifs is 1. The molecule has 4 N–H and O–H groups in total. The van der Waals surface area contributed by atoms with Gasteiger partial charge in [-0.25, -0.2) is 14.5 Å². The predicted octanol–water partition coefficient (Wildman–Crippen LogP) is 3.89. The number of amides is 1. The summed E-state index contributed by atoms with van der Waals surface area (Å²) in [6.07, 6.45) is 5.31. The maximum absolute atomic E-state index is 11.5. The molecule has 162 valence electrons. The normalized spacial score (nSPS) is 21.5. The van der Waals surface area contributed by atoms with E-state index in [-0.39, 0.29) is 12.4 Å². The summed E-state index contributed by atoms with van der Waals surface area (Å²) in [4.78, 5) is 17.5. The molecule has 0 radical (unpaired) electrons. The number of carbonyl (C=O) groups is 1. The number of nitrogens with one attached hydrogen (secondary N) is 1. The first-order valence-electron chi connectivity index (χ1n) is 10.7. The van der Waals surface area contributed by atoms with Crippen LogP contribution in [0.4, 0.5) is 16.3 Å². The molecule has 9 nitrogen and oxygen atoms in total. The van der Waals surface area contributed by atoms with E-state index >= 15 is 0 Å². The molecule has 2 aliphatic heterocycles. The third-order valence-electron chi connectivity index (χ3n) is 6.04. The number of nitrogen functional groups attached to an aromatic ring is 1. The smallest absolute Gasteiger partial charge is 0.408 e. The lowest BCUT2D eigenvalue weighted by Crippen LogP contribution is -2.39. The number of pyridine rings is 1. The summed E-state index contributed by atoms with van der Waals surface area (Å²) in [5.74, 6) is 0.385. The van der Waals surface area contributed by atoms with Gasteiger partial charge in [0.2, 0.25) is 0 Å². The van der Waals surface area contributed by atoms with Gasteiger partial charge in [0.05, 0.1) is 11.2 Å². The maximum atomic E-state index is 11.5. The van der Waals surface area contributed by atoms with E-state index in [4.69, 9.17) is 10.5 Å². The summed E-state index contributed by atoms with van der Waals surface area (Å²) >= 11 is 0. The molecular weight excluding hydrogens is 396 g/mol. The summed E-state index contributed by atoms with van der Waals surface area (Å²) in [5.41, 5.74) is 9.58. The van der Waals surface area contributed by atoms with Crippen LogP contribution in [0.25, 0.3) is 22.2 Å². The van der Waals surface area contributed by atoms with E-state index in [0.717, 1.165) is 66.6 Å². The fraction of sp³-hybridized carbons (Fsp3) is 0.409. The van der Waals surface area contributed by atoms with Crippen LogP contribution in [0.2, 0.25) is 0 Å². The van der Waals surface area contributed by atoms with Crippen LogP contribution in [0.1, 0.15) is 38.3 Å². The van der Waals surface area contributed by atoms with Crippen molar-refractivity contribution in [3.8, 4) is 11.3 Å². The Morgan fingerprint density at radius 2 is 2.10 bits per heavy atom. The third-order valence-corrected chi connectivity index (χ3v) is 6.04. The van der Waals surface area contributed by atoms with Crippen LogP contribution in [-0.2, 0) is 4.74 Å². The molecule has 1 aromatic carbocycles. The number of aromatic nitrogens is 3. The zero-order valence-corrected chi connectivity index (χ0v) is 17.2. The Balaban J connectivity index is 1.49. The number of hydrogen-bond donors (Lipinski definition) is 3. The number of ether oxygens (including phenoxy) is 1. The number of nitrogens with two attached hydrogens (primary N) is 1. The van der Waals surface area contributed by atoms with Crippen molar-refractivity contribution in [2.45, 2.75) is 44.5 Å². The highest BCUT2D eigenvalue weighted by Crippen LogP contribution is 2.33. The first-order chi connectivity index (χ1) is 15.1. The first kappa shape index (κ1) is 19.6. The van der Waals surface area contributed by atoms with E-state index in [1.165, 1.54) is 4.90 Å². The summed E-state index contributed by atoms with van der Waals surface area (Å²) in [5, 5.41) is 18.2. The highest BCUT2D eigenvalue weighted by atomic mass is 16.5. The van der Waals surface area contributed by atoms with Crippen LogP contribution in [0, 0.1) is 0 Å². The zero-order chi connectivity index (χ0) is 21.4. The van der Waals surface area contributed by atoms with Gasteiger partial charge in [-0.2, -0.15) is 5.10 Å². The van der Waals surface area contributed by atoms with Gasteiger partial charge in [-0.05, 0) is 44.2 Å². The second kappa shape index (κ2) is 8.07. The minimum absolute atomic E-state index is 0.0511. The Labute approximate surface area is 179 Å². The monoisotopic (exact) mass is 422 g/mol. The van der Waals surface area contributed by atoms with Crippen LogP contribution in [-0.4, -0.2) is 50.2 Å². The number of hydrogen-bond acceptors (Lipinski definition) is 6. The van der Waals surface area contributed by atoms with Crippen LogP contribution in [0.3, 0.4) is 0 Å². The SMILES string of the molecule is Nc1cc(NC2CCCN2C(=O)O)c2ccc(-c3ccnn3C3CCCCO3)cc2n1. The Morgan fingerprint density at radius 1 is 1.19 bits per heavy atom. The van der Waals surface area contributed by atoms with E-state index in [2.05, 4.69) is 15.4 Å². The second-order valence-corrected chi connectivity index (χ2v) is 8.09. The molecule has 3 aromatic rings. The van der Waals surface area contributed by atoms with Gasteiger partial charge in [0, 0.05) is 42.1 Å². The topological polar surface area (TPSA) is 119 Å². The van der Waals surface area contributed by atoms with Gasteiger partial charge in [-0.1, -0.05) is 12.1 Å². The molecule has 1 amide bonds. The lowest BCUT2D eigenvalue weighted by molar-refractivity contribution is -0.0383. The summed E-state index contributed by atoms with van der Waals surface area (Å²) in [6, 6.07) is 9.77. The molecule has 2 aromatic heterocycles. The largest absolute Gasteiger partial charge is 0.465 e. The van der Waals surface area contributed by atoms with Crippen molar-refractivity contribution in [2.24, 2.45) is 0 Å². The van der Waals surface area contributed by atoms with Gasteiger partial charge in [-0.15, -0.1) is 0 Å². The molecule has 2 unspecified atom stereocenters. The molecular formula is C22H26N6O3. The molecule has 2 saturated heterocycles. The van der Waals surface area contributed by atoms with Gasteiger partial charge in [-0.3, -0.25) is 4.90 Å². The molecule has 0 saturated carbocycles. The average Bonchev–Trinajstić information content (AvgIpc) is 3.43. The van der Waals surface area contributed by atoms with Crippen molar-refractivity contribution in [3.63, 3.8) is 0 Å². The molecule has 9 heteroatoms. The maximum Gasteiger partial charge on any atom is 0.408 e. The lowest BCUT2D eigenvalue weighted by atomic mass is 10.1. The minimum atomic E-state index is -0.915. The Morgan fingerprint density at radius 3 is 2.90 bits per heavy atom. The quantitative estimate of drug-likeness (QED) is 0.583. The summed E-state index contributed by atoms with van der Waals surface area (Å²) in [7, 11) is 0. The number of benzene rings is 1. The van der Waals surface area contributed by atoms with E-state index in [9.17, 15) is 9.90 Å². The molecule has 0 aliphatic carbocycles. The summed E-state index contributed by atoms with van der Waals surface area (Å²) < 4.78 is 7.86. The number of likely N-dealkylation sites (tertiary alicyclic amines) is 1. The van der Waals surface area contributed by atoms with Crippen LogP contribution in [0.15, 0.2) is 36.5 Å². The Kier molecular flexibility index (Phi) is 5.11. The number of rotatable bonds is 4. The highest BCUT2D eigenvalue weighted by Gasteiger charge is 2.29. The van der Waals surface area contributed by atoms with Crippen LogP contribution < -0.4 is 11.1 Å². The molecule has 2 atom stereocenters. The molecule has 4 heterocycles. The number of carboxylic acid groups (broad SMARTS) is 1. The molecule has 5 rings (SSSR count). The van der Waals surface area contributed by atoms with E-state index in [1.807, 2.05) is 28.9 Å². The molecule has 2 aliphatic rings. The summed E-state index contributed by atoms with van der Waals surface area (Å²) in [6.45, 7) is 1.28. The fourth-order valence-electron chi connectivity index (χ4n) is 4.54. The Bertz CT molecular complexity index is 1110. The molecule has 31 heavy (non-hydrogen) atoms. The third kappa shape index (κ3) is 3.76. The molecule has 0 spiro atoms. The average molecular weight is 422 g/mol. The number of nitrogens with zero attached hydrogens (tertiary/aromatic N) is 4. The van der Waals surface area contributed by atoms with Crippen LogP contribution in [0.5, 0.6) is 0 Å². The number of anilines is 2. The fourth-order valence-corrected chi connectivity index (χ4v) is 4.54. The first-order valence-corrected chi connectivity index (χ1v) is 10.7. The molecule has 0 bridgehead atoms. The predicted molar refractivity (Wildman–Crippen MR) is 118 cm³/mol. The molecule has 2 fully saturated rings. The second-order valence-electron chi connectivity index (χ2n) is 8.09. The van der Waals surface area contributed by atoms with Gasteiger partial charge < -0.3 is 20.9 Å². The van der Waals surface area contributed by atoms with E-state index in [1.54, 1.807) is 12.3 Å². The minimum Gasteiger partial charge on any atom is -0.465 e. The van der Waals surface area contributed by atoms with Gasteiger partial charge in [0.1, 0.15) is 12.0 Å². The standard InChI is InChI=1S/C22H26N6O3/c23-19-13-17(26-20-4-3-10-27(20)22(29)30)15-7-6-14(12-16(15)25-19)18-8-9-24-28(18)21-5-1-2-11-31-21/h6-9,12-13,20-21H,1-5,10-11H2,(H,29,30)(H3,23,25,26). The van der Waals surface area contributed by atoms with Gasteiger partial charge in [0.15, 0.2) is 6.23 Å². The van der Waals surface area contributed by atoms with Gasteiger partial charge in [0.25, 0.3) is 0 Å². The van der Waals surface area contributed by atoms with Crippen molar-refractivity contribution in [2.75, 3.05) is 24.2 Å². The van der Waals surface area contributed by atoms with Crippen molar-refractivity contribution in [1.29, 1.82) is 0 Å². The van der Waals surface area contributed by atoms with E-state index < -0.39 is 6.09 Å². The van der Waals surface area contributed by atoms with Crippen molar-refractivity contribution < 1.29 is 14.6 Å². The van der Waals surface area contributed by atoms with Gasteiger partial charge >= 0.3 is 6.09 Å². The zero-order valence-electron chi connectivity index (χ0n) is 17.2.